The summed E-state index contributed by atoms with van der Waals surface area (Å²) in [5, 5.41) is 59.8. The Labute approximate surface area is 141 Å². The topological polar surface area (TPSA) is 154 Å². The van der Waals surface area contributed by atoms with Gasteiger partial charge in [-0.2, -0.15) is 0 Å². The number of nitro groups is 1. The van der Waals surface area contributed by atoms with E-state index < -0.39 is 62.3 Å². The first kappa shape index (κ1) is 21.2. The SMILES string of the molecule is C[Si](C)(C)O[C@H]1C=CC[C@H](C(O)[C@@H](O)[C@@H](O)[C@H](O)CO)[C@H]1[N+](=O)[O-]. The number of aliphatic hydroxyl groups excluding tert-OH is 5. The van der Waals surface area contributed by atoms with Gasteiger partial charge in [-0.25, -0.2) is 0 Å². The summed E-state index contributed by atoms with van der Waals surface area (Å²) in [5.74, 6) is -0.998. The average Bonchev–Trinajstić information content (AvgIpc) is 2.49. The molecule has 0 aromatic rings. The van der Waals surface area contributed by atoms with Crippen LogP contribution in [-0.4, -0.2) is 81.9 Å². The van der Waals surface area contributed by atoms with Gasteiger partial charge in [-0.1, -0.05) is 12.2 Å². The van der Waals surface area contributed by atoms with E-state index in [1.54, 1.807) is 12.2 Å². The summed E-state index contributed by atoms with van der Waals surface area (Å²) < 4.78 is 5.81. The Morgan fingerprint density at radius 1 is 1.25 bits per heavy atom. The molecule has 24 heavy (non-hydrogen) atoms. The fourth-order valence-corrected chi connectivity index (χ4v) is 3.83. The molecule has 0 spiro atoms. The summed E-state index contributed by atoms with van der Waals surface area (Å²) in [6.45, 7) is 4.84. The van der Waals surface area contributed by atoms with E-state index in [1.165, 1.54) is 0 Å². The Morgan fingerprint density at radius 2 is 1.83 bits per heavy atom. The maximum atomic E-state index is 11.5. The third kappa shape index (κ3) is 5.31. The molecule has 0 saturated carbocycles. The molecule has 0 aliphatic heterocycles. The van der Waals surface area contributed by atoms with Crippen molar-refractivity contribution in [2.45, 2.75) is 62.6 Å². The van der Waals surface area contributed by atoms with Gasteiger partial charge in [-0.3, -0.25) is 10.1 Å². The maximum absolute atomic E-state index is 11.5. The Balaban J connectivity index is 2.99. The summed E-state index contributed by atoms with van der Waals surface area (Å²) in [7, 11) is -2.09. The third-order valence-electron chi connectivity index (χ3n) is 3.96. The number of rotatable bonds is 8. The van der Waals surface area contributed by atoms with Crippen LogP contribution in [0.3, 0.4) is 0 Å². The molecule has 0 radical (unpaired) electrons. The summed E-state index contributed by atoms with van der Waals surface area (Å²) in [4.78, 5) is 11.0. The molecule has 1 rings (SSSR count). The van der Waals surface area contributed by atoms with Crippen molar-refractivity contribution in [1.82, 2.24) is 0 Å². The van der Waals surface area contributed by atoms with E-state index in [9.17, 15) is 30.5 Å². The van der Waals surface area contributed by atoms with E-state index in [0.717, 1.165) is 0 Å². The first-order valence-electron chi connectivity index (χ1n) is 7.80. The lowest BCUT2D eigenvalue weighted by Crippen LogP contribution is -2.55. The minimum atomic E-state index is -2.09. The van der Waals surface area contributed by atoms with Crippen LogP contribution in [0.1, 0.15) is 6.42 Å². The Hall–Kier alpha value is -0.883. The molecular weight excluding hydrogens is 338 g/mol. The zero-order valence-corrected chi connectivity index (χ0v) is 15.0. The number of nitrogens with zero attached hydrogens (tertiary/aromatic N) is 1. The minimum Gasteiger partial charge on any atom is -0.405 e. The van der Waals surface area contributed by atoms with E-state index >= 15 is 0 Å². The van der Waals surface area contributed by atoms with Crippen molar-refractivity contribution in [3.63, 3.8) is 0 Å². The van der Waals surface area contributed by atoms with Crippen molar-refractivity contribution in [2.75, 3.05) is 6.61 Å². The number of hydrogen-bond acceptors (Lipinski definition) is 8. The lowest BCUT2D eigenvalue weighted by molar-refractivity contribution is -0.544. The van der Waals surface area contributed by atoms with Crippen molar-refractivity contribution < 1.29 is 34.9 Å². The molecule has 0 saturated heterocycles. The molecule has 0 bridgehead atoms. The molecule has 9 nitrogen and oxygen atoms in total. The van der Waals surface area contributed by atoms with Crippen molar-refractivity contribution in [3.05, 3.63) is 22.3 Å². The molecule has 7 atom stereocenters. The molecule has 1 unspecified atom stereocenters. The Bertz CT molecular complexity index is 455. The van der Waals surface area contributed by atoms with Gasteiger partial charge in [0.25, 0.3) is 0 Å². The highest BCUT2D eigenvalue weighted by molar-refractivity contribution is 6.69. The normalized spacial score (nSPS) is 29.8. The average molecular weight is 365 g/mol. The largest absolute Gasteiger partial charge is 0.405 e. The van der Waals surface area contributed by atoms with Gasteiger partial charge < -0.3 is 30.0 Å². The summed E-state index contributed by atoms with van der Waals surface area (Å²) in [6, 6.07) is -1.29. The second-order valence-electron chi connectivity index (χ2n) is 7.02. The first-order valence-corrected chi connectivity index (χ1v) is 11.2. The molecule has 0 amide bonds. The van der Waals surface area contributed by atoms with Gasteiger partial charge in [0.05, 0.1) is 18.6 Å². The van der Waals surface area contributed by atoms with Crippen LogP contribution >= 0.6 is 0 Å². The van der Waals surface area contributed by atoms with Crippen LogP contribution in [0.5, 0.6) is 0 Å². The van der Waals surface area contributed by atoms with Crippen LogP contribution in [0.2, 0.25) is 19.6 Å². The third-order valence-corrected chi connectivity index (χ3v) is 4.94. The van der Waals surface area contributed by atoms with E-state index in [2.05, 4.69) is 0 Å². The van der Waals surface area contributed by atoms with Crippen molar-refractivity contribution in [2.24, 2.45) is 5.92 Å². The second-order valence-corrected chi connectivity index (χ2v) is 11.5. The predicted octanol–water partition coefficient (Wildman–Crippen LogP) is -1.14. The standard InChI is InChI=1S/C14H27NO8Si/c1-24(2,3)23-10-6-4-5-8(11(10)15(21)22)12(18)14(20)13(19)9(17)7-16/h4,6,8-14,16-20H,5,7H2,1-3H3/t8-,9+,10-,11+,12?,13-,14+/m0/s1. The Morgan fingerprint density at radius 3 is 2.29 bits per heavy atom. The van der Waals surface area contributed by atoms with Crippen LogP contribution in [0.4, 0.5) is 0 Å². The summed E-state index contributed by atoms with van der Waals surface area (Å²) in [5.41, 5.74) is 0. The van der Waals surface area contributed by atoms with Gasteiger partial charge in [0.2, 0.25) is 6.04 Å². The molecule has 140 valence electrons. The molecule has 1 aliphatic carbocycles. The van der Waals surface area contributed by atoms with Crippen molar-refractivity contribution >= 4 is 8.32 Å². The van der Waals surface area contributed by atoms with Crippen LogP contribution < -0.4 is 0 Å². The van der Waals surface area contributed by atoms with Crippen LogP contribution in [0.25, 0.3) is 0 Å². The lowest BCUT2D eigenvalue weighted by Gasteiger charge is -2.37. The van der Waals surface area contributed by atoms with Gasteiger partial charge in [-0.05, 0) is 26.1 Å². The van der Waals surface area contributed by atoms with Gasteiger partial charge >= 0.3 is 0 Å². The smallest absolute Gasteiger partial charge is 0.246 e. The van der Waals surface area contributed by atoms with Crippen LogP contribution in [0.15, 0.2) is 12.2 Å². The highest BCUT2D eigenvalue weighted by Gasteiger charge is 2.48. The van der Waals surface area contributed by atoms with Gasteiger partial charge in [0.15, 0.2) is 8.32 Å². The van der Waals surface area contributed by atoms with E-state index in [4.69, 9.17) is 9.53 Å². The highest BCUT2D eigenvalue weighted by Crippen LogP contribution is 2.30. The molecule has 0 heterocycles. The monoisotopic (exact) mass is 365 g/mol. The predicted molar refractivity (Wildman–Crippen MR) is 87.4 cm³/mol. The molecule has 0 aromatic heterocycles. The summed E-state index contributed by atoms with van der Waals surface area (Å²) >= 11 is 0. The van der Waals surface area contributed by atoms with Gasteiger partial charge in [0.1, 0.15) is 24.4 Å². The molecule has 5 N–H and O–H groups in total. The molecule has 10 heteroatoms. The fraction of sp³-hybridized carbons (Fsp3) is 0.857. The number of aliphatic hydroxyl groups is 5. The summed E-state index contributed by atoms with van der Waals surface area (Å²) in [6.07, 6.45) is -4.46. The van der Waals surface area contributed by atoms with Crippen molar-refractivity contribution in [3.8, 4) is 0 Å². The van der Waals surface area contributed by atoms with E-state index in [0.29, 0.717) is 0 Å². The number of hydrogen-bond donors (Lipinski definition) is 5. The molecular formula is C14H27NO8Si. The number of allylic oxidation sites excluding steroid dienone is 1. The van der Waals surface area contributed by atoms with E-state index in [1.807, 2.05) is 19.6 Å². The lowest BCUT2D eigenvalue weighted by atomic mass is 9.80. The minimum absolute atomic E-state index is 0.122. The quantitative estimate of drug-likeness (QED) is 0.157. The maximum Gasteiger partial charge on any atom is 0.246 e. The van der Waals surface area contributed by atoms with Crippen molar-refractivity contribution in [1.29, 1.82) is 0 Å². The highest BCUT2D eigenvalue weighted by atomic mass is 28.4. The molecule has 1 aliphatic rings. The Kier molecular flexibility index (Phi) is 7.47. The fourth-order valence-electron chi connectivity index (χ4n) is 2.79. The second kappa shape index (κ2) is 8.47. The van der Waals surface area contributed by atoms with Crippen LogP contribution in [-0.2, 0) is 4.43 Å². The van der Waals surface area contributed by atoms with Gasteiger partial charge in [0, 0.05) is 4.92 Å². The van der Waals surface area contributed by atoms with E-state index in [-0.39, 0.29) is 6.42 Å². The van der Waals surface area contributed by atoms with Gasteiger partial charge in [-0.15, -0.1) is 0 Å². The molecule has 0 fully saturated rings. The molecule has 0 aromatic carbocycles. The van der Waals surface area contributed by atoms with Crippen LogP contribution in [0, 0.1) is 16.0 Å². The zero-order chi connectivity index (χ0) is 18.7. The first-order chi connectivity index (χ1) is 11.0. The zero-order valence-electron chi connectivity index (χ0n) is 14.0.